The molecule has 0 bridgehead atoms. The van der Waals surface area contributed by atoms with Crippen molar-refractivity contribution in [2.24, 2.45) is 0 Å². The predicted octanol–water partition coefficient (Wildman–Crippen LogP) is 11.7. The molecule has 0 aliphatic rings. The van der Waals surface area contributed by atoms with Gasteiger partial charge in [0, 0.05) is 45.0 Å². The summed E-state index contributed by atoms with van der Waals surface area (Å²) in [7, 11) is 0. The molecule has 0 saturated heterocycles. The molecule has 3 aromatic heterocycles. The molecule has 0 fully saturated rings. The quantitative estimate of drug-likeness (QED) is 0.204. The molecule has 212 valence electrons. The standard InChI is InChI=1S/C41H26N2O2/c1-2-9-27(10-3-1)28-16-18-30(19-17-28)43(31-12-8-11-29(25-31)36-14-6-7-24-42-36)32-20-22-38-35(26-32)33-21-23-39-40(41(33)45-38)34-13-4-5-15-37(34)44-39/h1-26H. The second kappa shape index (κ2) is 10.2. The normalized spacial score (nSPS) is 11.6. The highest BCUT2D eigenvalue weighted by Gasteiger charge is 2.19. The molecule has 0 aliphatic carbocycles. The number of rotatable bonds is 5. The number of furan rings is 2. The Labute approximate surface area is 259 Å². The molecule has 0 spiro atoms. The van der Waals surface area contributed by atoms with Crippen molar-refractivity contribution in [3.8, 4) is 22.4 Å². The summed E-state index contributed by atoms with van der Waals surface area (Å²) < 4.78 is 12.7. The van der Waals surface area contributed by atoms with Gasteiger partial charge in [-0.15, -0.1) is 0 Å². The molecule has 0 radical (unpaired) electrons. The number of fused-ring (bicyclic) bond motifs is 7. The van der Waals surface area contributed by atoms with Gasteiger partial charge in [0.25, 0.3) is 0 Å². The molecule has 6 aromatic carbocycles. The second-order valence-corrected chi connectivity index (χ2v) is 11.2. The predicted molar refractivity (Wildman–Crippen MR) is 184 cm³/mol. The fourth-order valence-electron chi connectivity index (χ4n) is 6.39. The summed E-state index contributed by atoms with van der Waals surface area (Å²) in [6.07, 6.45) is 1.83. The van der Waals surface area contributed by atoms with E-state index in [4.69, 9.17) is 8.83 Å². The first-order chi connectivity index (χ1) is 22.3. The smallest absolute Gasteiger partial charge is 0.147 e. The summed E-state index contributed by atoms with van der Waals surface area (Å²) in [5, 5.41) is 4.19. The minimum atomic E-state index is 0.828. The van der Waals surface area contributed by atoms with E-state index >= 15 is 0 Å². The van der Waals surface area contributed by atoms with E-state index in [2.05, 4.69) is 119 Å². The molecule has 0 N–H and O–H groups in total. The molecule has 4 heteroatoms. The van der Waals surface area contributed by atoms with Crippen molar-refractivity contribution in [1.82, 2.24) is 4.98 Å². The van der Waals surface area contributed by atoms with E-state index < -0.39 is 0 Å². The van der Waals surface area contributed by atoms with Crippen LogP contribution in [-0.2, 0) is 0 Å². The van der Waals surface area contributed by atoms with Crippen molar-refractivity contribution in [2.75, 3.05) is 4.90 Å². The average Bonchev–Trinajstić information content (AvgIpc) is 3.68. The first-order valence-electron chi connectivity index (χ1n) is 15.0. The maximum Gasteiger partial charge on any atom is 0.147 e. The van der Waals surface area contributed by atoms with Crippen LogP contribution in [0.3, 0.4) is 0 Å². The highest BCUT2D eigenvalue weighted by molar-refractivity contribution is 6.22. The lowest BCUT2D eigenvalue weighted by Gasteiger charge is -2.26. The topological polar surface area (TPSA) is 42.4 Å². The molecule has 9 rings (SSSR count). The molecule has 0 atom stereocenters. The van der Waals surface area contributed by atoms with Crippen molar-refractivity contribution in [3.05, 3.63) is 158 Å². The number of pyridine rings is 1. The Morgan fingerprint density at radius 1 is 0.422 bits per heavy atom. The van der Waals surface area contributed by atoms with Crippen molar-refractivity contribution in [1.29, 1.82) is 0 Å². The molecule has 45 heavy (non-hydrogen) atoms. The molecule has 0 unspecified atom stereocenters. The van der Waals surface area contributed by atoms with Gasteiger partial charge < -0.3 is 13.7 Å². The molecule has 3 heterocycles. The van der Waals surface area contributed by atoms with Crippen LogP contribution in [0.25, 0.3) is 66.3 Å². The lowest BCUT2D eigenvalue weighted by Crippen LogP contribution is -2.10. The van der Waals surface area contributed by atoms with Gasteiger partial charge >= 0.3 is 0 Å². The fraction of sp³-hybridized carbons (Fsp3) is 0. The fourth-order valence-corrected chi connectivity index (χ4v) is 6.39. The van der Waals surface area contributed by atoms with Gasteiger partial charge in [0.1, 0.15) is 22.3 Å². The van der Waals surface area contributed by atoms with Crippen LogP contribution in [0.2, 0.25) is 0 Å². The van der Waals surface area contributed by atoms with E-state index in [0.29, 0.717) is 0 Å². The van der Waals surface area contributed by atoms with E-state index in [-0.39, 0.29) is 0 Å². The van der Waals surface area contributed by atoms with Gasteiger partial charge in [-0.2, -0.15) is 0 Å². The van der Waals surface area contributed by atoms with Crippen LogP contribution in [0, 0.1) is 0 Å². The highest BCUT2D eigenvalue weighted by Crippen LogP contribution is 2.43. The van der Waals surface area contributed by atoms with Gasteiger partial charge in [-0.05, 0) is 83.9 Å². The van der Waals surface area contributed by atoms with Crippen LogP contribution in [0.15, 0.2) is 167 Å². The van der Waals surface area contributed by atoms with E-state index in [1.165, 1.54) is 11.1 Å². The van der Waals surface area contributed by atoms with Crippen LogP contribution in [-0.4, -0.2) is 4.98 Å². The van der Waals surface area contributed by atoms with Crippen molar-refractivity contribution >= 4 is 60.9 Å². The third-order valence-corrected chi connectivity index (χ3v) is 8.52. The maximum atomic E-state index is 6.53. The largest absolute Gasteiger partial charge is 0.456 e. The van der Waals surface area contributed by atoms with Crippen LogP contribution < -0.4 is 4.90 Å². The highest BCUT2D eigenvalue weighted by atomic mass is 16.3. The van der Waals surface area contributed by atoms with Crippen molar-refractivity contribution < 1.29 is 8.83 Å². The summed E-state index contributed by atoms with van der Waals surface area (Å²) in [6.45, 7) is 0. The zero-order chi connectivity index (χ0) is 29.7. The number of anilines is 3. The Hall–Kier alpha value is -6.13. The zero-order valence-corrected chi connectivity index (χ0v) is 24.2. The summed E-state index contributed by atoms with van der Waals surface area (Å²) >= 11 is 0. The first kappa shape index (κ1) is 25.4. The Morgan fingerprint density at radius 3 is 2.00 bits per heavy atom. The minimum absolute atomic E-state index is 0.828. The van der Waals surface area contributed by atoms with Crippen LogP contribution in [0.4, 0.5) is 17.1 Å². The molecule has 0 saturated carbocycles. The molecule has 4 nitrogen and oxygen atoms in total. The Balaban J connectivity index is 1.23. The summed E-state index contributed by atoms with van der Waals surface area (Å²) in [5.74, 6) is 0. The molecular weight excluding hydrogens is 552 g/mol. The van der Waals surface area contributed by atoms with E-state index in [1.54, 1.807) is 0 Å². The van der Waals surface area contributed by atoms with Crippen LogP contribution in [0.1, 0.15) is 0 Å². The Kier molecular flexibility index (Phi) is 5.78. The van der Waals surface area contributed by atoms with Gasteiger partial charge in [0.2, 0.25) is 0 Å². The summed E-state index contributed by atoms with van der Waals surface area (Å²) in [4.78, 5) is 6.91. The lowest BCUT2D eigenvalue weighted by molar-refractivity contribution is 0.663. The average molecular weight is 579 g/mol. The number of hydrogen-bond donors (Lipinski definition) is 0. The zero-order valence-electron chi connectivity index (χ0n) is 24.2. The van der Waals surface area contributed by atoms with Crippen LogP contribution in [0.5, 0.6) is 0 Å². The molecule has 9 aromatic rings. The third-order valence-electron chi connectivity index (χ3n) is 8.52. The van der Waals surface area contributed by atoms with E-state index in [0.717, 1.165) is 72.2 Å². The molecule has 0 amide bonds. The Morgan fingerprint density at radius 2 is 1.13 bits per heavy atom. The SMILES string of the molecule is c1ccc(-c2ccc(N(c3cccc(-c4ccccn4)c3)c3ccc4oc5c(ccc6oc7ccccc7c65)c4c3)cc2)cc1. The number of para-hydroxylation sites is 1. The Bertz CT molecular complexity index is 2480. The van der Waals surface area contributed by atoms with Crippen LogP contribution >= 0.6 is 0 Å². The lowest BCUT2D eigenvalue weighted by atomic mass is 10.0. The monoisotopic (exact) mass is 578 g/mol. The van der Waals surface area contributed by atoms with E-state index in [1.807, 2.05) is 48.7 Å². The van der Waals surface area contributed by atoms with Crippen molar-refractivity contribution in [3.63, 3.8) is 0 Å². The summed E-state index contributed by atoms with van der Waals surface area (Å²) in [5.41, 5.74) is 10.9. The van der Waals surface area contributed by atoms with Crippen molar-refractivity contribution in [2.45, 2.75) is 0 Å². The molecular formula is C41H26N2O2. The van der Waals surface area contributed by atoms with Gasteiger partial charge in [0.15, 0.2) is 0 Å². The number of nitrogens with zero attached hydrogens (tertiary/aromatic N) is 2. The van der Waals surface area contributed by atoms with Gasteiger partial charge in [-0.3, -0.25) is 4.98 Å². The van der Waals surface area contributed by atoms with Gasteiger partial charge in [-0.1, -0.05) is 78.9 Å². The maximum absolute atomic E-state index is 6.53. The van der Waals surface area contributed by atoms with Gasteiger partial charge in [0.05, 0.1) is 11.1 Å². The second-order valence-electron chi connectivity index (χ2n) is 11.2. The third kappa shape index (κ3) is 4.27. The minimum Gasteiger partial charge on any atom is -0.456 e. The summed E-state index contributed by atoms with van der Waals surface area (Å²) in [6, 6.07) is 52.5. The molecule has 0 aliphatic heterocycles. The number of aromatic nitrogens is 1. The van der Waals surface area contributed by atoms with Gasteiger partial charge in [-0.25, -0.2) is 0 Å². The number of hydrogen-bond acceptors (Lipinski definition) is 4. The van der Waals surface area contributed by atoms with E-state index in [9.17, 15) is 0 Å². The first-order valence-corrected chi connectivity index (χ1v) is 15.0. The number of benzene rings is 6.